The van der Waals surface area contributed by atoms with Crippen molar-refractivity contribution in [2.45, 2.75) is 37.6 Å². The van der Waals surface area contributed by atoms with Gasteiger partial charge in [-0.2, -0.15) is 0 Å². The number of ether oxygens (including phenoxy) is 2. The molecule has 0 bridgehead atoms. The lowest BCUT2D eigenvalue weighted by Crippen LogP contribution is -2.33. The SMILES string of the molecule is O=C(O)c1csc([C@H]2CC[C@@H]3[C@@H](COc4ccc5[nH]ccc5c4)[C@H](O)C[C@@H]3O2)n1. The van der Waals surface area contributed by atoms with E-state index in [1.54, 1.807) is 5.38 Å². The Bertz CT molecular complexity index is 1030. The Labute approximate surface area is 171 Å². The molecule has 3 heterocycles. The molecule has 1 aliphatic heterocycles. The third-order valence-corrected chi connectivity index (χ3v) is 7.02. The van der Waals surface area contributed by atoms with Crippen LogP contribution in [0.25, 0.3) is 10.9 Å². The van der Waals surface area contributed by atoms with E-state index < -0.39 is 12.1 Å². The molecule has 0 spiro atoms. The summed E-state index contributed by atoms with van der Waals surface area (Å²) in [5.41, 5.74) is 1.13. The maximum absolute atomic E-state index is 11.1. The van der Waals surface area contributed by atoms with Crippen molar-refractivity contribution >= 4 is 28.2 Å². The van der Waals surface area contributed by atoms with Crippen LogP contribution in [0.3, 0.4) is 0 Å². The largest absolute Gasteiger partial charge is 0.493 e. The van der Waals surface area contributed by atoms with Crippen LogP contribution in [0.4, 0.5) is 0 Å². The second-order valence-electron chi connectivity index (χ2n) is 7.79. The summed E-state index contributed by atoms with van der Waals surface area (Å²) in [4.78, 5) is 18.4. The smallest absolute Gasteiger partial charge is 0.355 e. The van der Waals surface area contributed by atoms with E-state index in [9.17, 15) is 9.90 Å². The van der Waals surface area contributed by atoms with Crippen molar-refractivity contribution in [2.75, 3.05) is 6.61 Å². The minimum atomic E-state index is -1.02. The van der Waals surface area contributed by atoms with E-state index in [0.717, 1.165) is 29.5 Å². The summed E-state index contributed by atoms with van der Waals surface area (Å²) < 4.78 is 12.2. The van der Waals surface area contributed by atoms with E-state index in [1.165, 1.54) is 11.3 Å². The molecule has 3 N–H and O–H groups in total. The van der Waals surface area contributed by atoms with Crippen molar-refractivity contribution < 1.29 is 24.5 Å². The number of aromatic nitrogens is 2. The van der Waals surface area contributed by atoms with E-state index in [-0.39, 0.29) is 29.7 Å². The minimum Gasteiger partial charge on any atom is -0.493 e. The third-order valence-electron chi connectivity index (χ3n) is 6.08. The molecule has 2 aliphatic rings. The predicted molar refractivity (Wildman–Crippen MR) is 107 cm³/mol. The zero-order valence-electron chi connectivity index (χ0n) is 15.7. The van der Waals surface area contributed by atoms with Crippen molar-refractivity contribution in [1.29, 1.82) is 0 Å². The number of thiazole rings is 1. The Balaban J connectivity index is 1.23. The van der Waals surface area contributed by atoms with E-state index >= 15 is 0 Å². The van der Waals surface area contributed by atoms with Crippen molar-refractivity contribution in [1.82, 2.24) is 9.97 Å². The first kappa shape index (κ1) is 18.6. The van der Waals surface area contributed by atoms with Crippen LogP contribution in [-0.4, -0.2) is 45.0 Å². The summed E-state index contributed by atoms with van der Waals surface area (Å²) in [6.45, 7) is 0.451. The number of fused-ring (bicyclic) bond motifs is 2. The molecular formula is C21H22N2O5S. The fourth-order valence-electron chi connectivity index (χ4n) is 4.59. The molecule has 0 radical (unpaired) electrons. The predicted octanol–water partition coefficient (Wildman–Crippen LogP) is 3.62. The molecule has 7 nitrogen and oxygen atoms in total. The number of aliphatic hydroxyl groups is 1. The lowest BCUT2D eigenvalue weighted by Gasteiger charge is -2.33. The van der Waals surface area contributed by atoms with Crippen LogP contribution in [0.15, 0.2) is 35.8 Å². The van der Waals surface area contributed by atoms with Gasteiger partial charge in [0.15, 0.2) is 5.69 Å². The van der Waals surface area contributed by atoms with Crippen LogP contribution in [0.5, 0.6) is 5.75 Å². The monoisotopic (exact) mass is 414 g/mol. The number of H-pyrrole nitrogens is 1. The topological polar surface area (TPSA) is 105 Å². The Kier molecular flexibility index (Phi) is 4.77. The number of carbonyl (C=O) groups is 1. The van der Waals surface area contributed by atoms with Gasteiger partial charge in [-0.15, -0.1) is 11.3 Å². The number of carboxylic acid groups (broad SMARTS) is 1. The molecule has 152 valence electrons. The number of nitrogens with zero attached hydrogens (tertiary/aromatic N) is 1. The first-order valence-corrected chi connectivity index (χ1v) is 10.7. The van der Waals surface area contributed by atoms with Crippen LogP contribution in [0.2, 0.25) is 0 Å². The second kappa shape index (κ2) is 7.44. The van der Waals surface area contributed by atoms with Gasteiger partial charge in [-0.25, -0.2) is 9.78 Å². The average Bonchev–Trinajstić information content (AvgIpc) is 3.43. The molecule has 2 aromatic heterocycles. The zero-order valence-corrected chi connectivity index (χ0v) is 16.5. The Morgan fingerprint density at radius 3 is 3.07 bits per heavy atom. The molecule has 0 amide bonds. The molecule has 0 unspecified atom stereocenters. The molecule has 29 heavy (non-hydrogen) atoms. The molecule has 1 aromatic carbocycles. The average molecular weight is 414 g/mol. The molecule has 2 fully saturated rings. The van der Waals surface area contributed by atoms with Crippen LogP contribution in [-0.2, 0) is 4.74 Å². The molecule has 5 atom stereocenters. The first-order chi connectivity index (χ1) is 14.1. The van der Waals surface area contributed by atoms with Crippen LogP contribution in [0.1, 0.15) is 40.9 Å². The number of aromatic carboxylic acids is 1. The van der Waals surface area contributed by atoms with E-state index in [2.05, 4.69) is 9.97 Å². The van der Waals surface area contributed by atoms with Gasteiger partial charge in [-0.3, -0.25) is 0 Å². The van der Waals surface area contributed by atoms with Gasteiger partial charge in [-0.05, 0) is 43.0 Å². The van der Waals surface area contributed by atoms with Gasteiger partial charge in [0.05, 0.1) is 18.8 Å². The Hall–Kier alpha value is -2.42. The lowest BCUT2D eigenvalue weighted by atomic mass is 9.87. The number of rotatable bonds is 5. The summed E-state index contributed by atoms with van der Waals surface area (Å²) in [6, 6.07) is 7.94. The fraction of sp³-hybridized carbons (Fsp3) is 0.429. The van der Waals surface area contributed by atoms with Gasteiger partial charge in [0.1, 0.15) is 16.9 Å². The number of hydrogen-bond acceptors (Lipinski definition) is 6. The van der Waals surface area contributed by atoms with Gasteiger partial charge in [0.2, 0.25) is 0 Å². The quantitative estimate of drug-likeness (QED) is 0.589. The molecule has 8 heteroatoms. The number of benzene rings is 1. The van der Waals surface area contributed by atoms with Crippen LogP contribution in [0, 0.1) is 11.8 Å². The van der Waals surface area contributed by atoms with E-state index in [1.807, 2.05) is 30.5 Å². The number of aromatic amines is 1. The van der Waals surface area contributed by atoms with Crippen molar-refractivity contribution in [3.05, 3.63) is 46.5 Å². The number of hydrogen-bond donors (Lipinski definition) is 3. The lowest BCUT2D eigenvalue weighted by molar-refractivity contribution is -0.0811. The van der Waals surface area contributed by atoms with Gasteiger partial charge in [0.25, 0.3) is 0 Å². The maximum atomic E-state index is 11.1. The van der Waals surface area contributed by atoms with Crippen LogP contribution >= 0.6 is 11.3 Å². The molecule has 3 aromatic rings. The summed E-state index contributed by atoms with van der Waals surface area (Å²) in [7, 11) is 0. The second-order valence-corrected chi connectivity index (χ2v) is 8.67. The highest BCUT2D eigenvalue weighted by Gasteiger charge is 2.47. The number of nitrogens with one attached hydrogen (secondary N) is 1. The number of carboxylic acids is 1. The van der Waals surface area contributed by atoms with Gasteiger partial charge < -0.3 is 24.7 Å². The normalized spacial score (nSPS) is 29.1. The molecule has 1 saturated carbocycles. The summed E-state index contributed by atoms with van der Waals surface area (Å²) in [5, 5.41) is 23.0. The van der Waals surface area contributed by atoms with Gasteiger partial charge in [-0.1, -0.05) is 0 Å². The molecule has 1 saturated heterocycles. The fourth-order valence-corrected chi connectivity index (χ4v) is 5.45. The highest BCUT2D eigenvalue weighted by molar-refractivity contribution is 7.09. The molecule has 1 aliphatic carbocycles. The van der Waals surface area contributed by atoms with Crippen molar-refractivity contribution in [3.8, 4) is 5.75 Å². The van der Waals surface area contributed by atoms with E-state index in [0.29, 0.717) is 18.0 Å². The van der Waals surface area contributed by atoms with Gasteiger partial charge >= 0.3 is 5.97 Å². The van der Waals surface area contributed by atoms with E-state index in [4.69, 9.17) is 14.6 Å². The standard InChI is InChI=1S/C21H22N2O5S/c24-17-8-19-13(2-4-18(28-19)20-23-16(10-29-20)21(25)26)14(17)9-27-12-1-3-15-11(7-12)5-6-22-15/h1,3,5-7,10,13-14,17-19,22,24H,2,4,8-9H2,(H,25,26)/t13-,14-,17-,18-,19+/m1/s1. The molecular weight excluding hydrogens is 392 g/mol. The Morgan fingerprint density at radius 1 is 1.34 bits per heavy atom. The van der Waals surface area contributed by atoms with Crippen LogP contribution < -0.4 is 4.74 Å². The first-order valence-electron chi connectivity index (χ1n) is 9.80. The summed E-state index contributed by atoms with van der Waals surface area (Å²) in [6.07, 6.45) is 3.43. The molecule has 5 rings (SSSR count). The minimum absolute atomic E-state index is 0.0220. The zero-order chi connectivity index (χ0) is 20.0. The summed E-state index contributed by atoms with van der Waals surface area (Å²) >= 11 is 1.32. The summed E-state index contributed by atoms with van der Waals surface area (Å²) in [5.74, 6) is 0.0312. The van der Waals surface area contributed by atoms with Gasteiger partial charge in [0, 0.05) is 34.8 Å². The maximum Gasteiger partial charge on any atom is 0.355 e. The number of aliphatic hydroxyl groups excluding tert-OH is 1. The highest BCUT2D eigenvalue weighted by Crippen LogP contribution is 2.46. The van der Waals surface area contributed by atoms with Crippen molar-refractivity contribution in [2.24, 2.45) is 11.8 Å². The highest BCUT2D eigenvalue weighted by atomic mass is 32.1. The Morgan fingerprint density at radius 2 is 2.24 bits per heavy atom. The third kappa shape index (κ3) is 3.52. The van der Waals surface area contributed by atoms with Crippen molar-refractivity contribution in [3.63, 3.8) is 0 Å².